The van der Waals surface area contributed by atoms with Crippen LogP contribution in [0.3, 0.4) is 0 Å². The fraction of sp³-hybridized carbons (Fsp3) is 0.474. The van der Waals surface area contributed by atoms with E-state index in [1.165, 1.54) is 4.88 Å². The number of aryl methyl sites for hydroxylation is 1. The number of nitrogens with one attached hydrogen (secondary N) is 2. The molecule has 0 aliphatic carbocycles. The third kappa shape index (κ3) is 7.53. The monoisotopic (exact) mass is 504 g/mol. The number of thiazole rings is 1. The Morgan fingerprint density at radius 2 is 2.00 bits per heavy atom. The second kappa shape index (κ2) is 12.8. The Hall–Kier alpha value is -1.55. The Morgan fingerprint density at radius 3 is 2.63 bits per heavy atom. The highest BCUT2D eigenvalue weighted by Crippen LogP contribution is 2.24. The van der Waals surface area contributed by atoms with Gasteiger partial charge in [0, 0.05) is 24.2 Å². The number of methoxy groups -OCH3 is 2. The van der Waals surface area contributed by atoms with E-state index in [9.17, 15) is 0 Å². The van der Waals surface area contributed by atoms with Crippen LogP contribution >= 0.6 is 35.3 Å². The Bertz CT molecular complexity index is 721. The lowest BCUT2D eigenvalue weighted by molar-refractivity contribution is 0.398. The summed E-state index contributed by atoms with van der Waals surface area (Å²) >= 11 is 1.72. The Kier molecular flexibility index (Phi) is 11.1. The molecule has 1 aromatic carbocycles. The van der Waals surface area contributed by atoms with Gasteiger partial charge in [0.2, 0.25) is 0 Å². The van der Waals surface area contributed by atoms with Crippen LogP contribution < -0.4 is 20.1 Å². The van der Waals surface area contributed by atoms with E-state index in [1.54, 1.807) is 25.6 Å². The summed E-state index contributed by atoms with van der Waals surface area (Å²) < 4.78 is 10.7. The predicted octanol–water partition coefficient (Wildman–Crippen LogP) is 3.64. The molecule has 0 bridgehead atoms. The highest BCUT2D eigenvalue weighted by atomic mass is 127. The molecule has 150 valence electrons. The summed E-state index contributed by atoms with van der Waals surface area (Å²) in [6.45, 7) is 6.34. The molecule has 2 rings (SSSR count). The predicted molar refractivity (Wildman–Crippen MR) is 123 cm³/mol. The van der Waals surface area contributed by atoms with Gasteiger partial charge in [-0.2, -0.15) is 0 Å². The molecule has 2 N–H and O–H groups in total. The van der Waals surface area contributed by atoms with Crippen molar-refractivity contribution in [1.29, 1.82) is 0 Å². The molecule has 0 atom stereocenters. The number of aliphatic imine (C=N–C) groups is 1. The number of rotatable bonds is 9. The van der Waals surface area contributed by atoms with E-state index < -0.39 is 0 Å². The number of guanidine groups is 1. The van der Waals surface area contributed by atoms with Gasteiger partial charge in [0.15, 0.2) is 5.96 Å². The summed E-state index contributed by atoms with van der Waals surface area (Å²) in [6.07, 6.45) is 3.76. The average molecular weight is 504 g/mol. The summed E-state index contributed by atoms with van der Waals surface area (Å²) in [7, 11) is 3.35. The van der Waals surface area contributed by atoms with Crippen molar-refractivity contribution in [2.75, 3.05) is 27.3 Å². The van der Waals surface area contributed by atoms with Crippen LogP contribution in [-0.4, -0.2) is 38.3 Å². The molecular weight excluding hydrogens is 475 g/mol. The van der Waals surface area contributed by atoms with E-state index in [0.717, 1.165) is 54.0 Å². The molecule has 8 heteroatoms. The van der Waals surface area contributed by atoms with Gasteiger partial charge in [0.1, 0.15) is 16.5 Å². The maximum Gasteiger partial charge on any atom is 0.191 e. The quantitative estimate of drug-likeness (QED) is 0.310. The van der Waals surface area contributed by atoms with Crippen LogP contribution in [-0.2, 0) is 19.4 Å². The summed E-state index contributed by atoms with van der Waals surface area (Å²) in [5, 5.41) is 7.67. The maximum atomic E-state index is 5.43. The van der Waals surface area contributed by atoms with Crippen LogP contribution in [0, 0.1) is 0 Å². The molecule has 0 spiro atoms. The zero-order chi connectivity index (χ0) is 18.8. The highest BCUT2D eigenvalue weighted by molar-refractivity contribution is 14.0. The first-order chi connectivity index (χ1) is 12.7. The lowest BCUT2D eigenvalue weighted by atomic mass is 10.1. The second-order valence-electron chi connectivity index (χ2n) is 5.62. The average Bonchev–Trinajstić information content (AvgIpc) is 3.14. The number of nitrogens with zero attached hydrogens (tertiary/aromatic N) is 2. The molecule has 1 heterocycles. The van der Waals surface area contributed by atoms with E-state index in [2.05, 4.69) is 34.5 Å². The number of hydrogen-bond acceptors (Lipinski definition) is 5. The van der Waals surface area contributed by atoms with Crippen LogP contribution in [0.2, 0.25) is 0 Å². The largest absolute Gasteiger partial charge is 0.497 e. The van der Waals surface area contributed by atoms with Gasteiger partial charge in [0.25, 0.3) is 0 Å². The lowest BCUT2D eigenvalue weighted by Gasteiger charge is -2.13. The summed E-state index contributed by atoms with van der Waals surface area (Å²) in [5.41, 5.74) is 1.10. The molecular formula is C19H29IN4O2S. The van der Waals surface area contributed by atoms with Gasteiger partial charge in [-0.05, 0) is 43.5 Å². The van der Waals surface area contributed by atoms with Crippen molar-refractivity contribution in [3.8, 4) is 11.5 Å². The van der Waals surface area contributed by atoms with Crippen LogP contribution in [0.25, 0.3) is 0 Å². The van der Waals surface area contributed by atoms with Crippen molar-refractivity contribution in [1.82, 2.24) is 15.6 Å². The molecule has 0 aliphatic rings. The fourth-order valence-corrected chi connectivity index (χ4v) is 3.25. The Balaban J connectivity index is 0.00000364. The van der Waals surface area contributed by atoms with Crippen LogP contribution in [0.5, 0.6) is 11.5 Å². The molecule has 0 fully saturated rings. The molecule has 0 saturated carbocycles. The zero-order valence-corrected chi connectivity index (χ0v) is 19.5. The first-order valence-corrected chi connectivity index (χ1v) is 9.68. The molecule has 0 unspecified atom stereocenters. The van der Waals surface area contributed by atoms with Gasteiger partial charge < -0.3 is 20.1 Å². The molecule has 0 radical (unpaired) electrons. The van der Waals surface area contributed by atoms with Crippen molar-refractivity contribution in [2.24, 2.45) is 4.99 Å². The number of halogens is 1. The van der Waals surface area contributed by atoms with Crippen molar-refractivity contribution < 1.29 is 9.47 Å². The smallest absolute Gasteiger partial charge is 0.191 e. The van der Waals surface area contributed by atoms with Crippen molar-refractivity contribution in [3.05, 3.63) is 39.8 Å². The summed E-state index contributed by atoms with van der Waals surface area (Å²) in [6, 6.07) is 5.84. The first-order valence-electron chi connectivity index (χ1n) is 8.86. The zero-order valence-electron chi connectivity index (χ0n) is 16.4. The molecule has 1 aromatic heterocycles. The minimum absolute atomic E-state index is 0. The lowest BCUT2D eigenvalue weighted by Crippen LogP contribution is -2.38. The van der Waals surface area contributed by atoms with Gasteiger partial charge in [-0.15, -0.1) is 35.3 Å². The second-order valence-corrected chi connectivity index (χ2v) is 6.82. The SMILES string of the molecule is CCNC(=NCc1ncc(CC)s1)NCCc1cc(OC)ccc1OC.I. The van der Waals surface area contributed by atoms with Gasteiger partial charge >= 0.3 is 0 Å². The summed E-state index contributed by atoms with van der Waals surface area (Å²) in [4.78, 5) is 10.3. The normalized spacial score (nSPS) is 10.9. The molecule has 2 aromatic rings. The molecule has 0 saturated heterocycles. The maximum absolute atomic E-state index is 5.43. The number of ether oxygens (including phenoxy) is 2. The van der Waals surface area contributed by atoms with E-state index >= 15 is 0 Å². The van der Waals surface area contributed by atoms with E-state index in [-0.39, 0.29) is 24.0 Å². The Morgan fingerprint density at radius 1 is 1.19 bits per heavy atom. The number of hydrogen-bond donors (Lipinski definition) is 2. The van der Waals surface area contributed by atoms with E-state index in [0.29, 0.717) is 6.54 Å². The topological polar surface area (TPSA) is 67.8 Å². The van der Waals surface area contributed by atoms with E-state index in [1.807, 2.05) is 24.4 Å². The van der Waals surface area contributed by atoms with Crippen molar-refractivity contribution in [3.63, 3.8) is 0 Å². The first kappa shape index (κ1) is 23.5. The van der Waals surface area contributed by atoms with E-state index in [4.69, 9.17) is 9.47 Å². The standard InChI is InChI=1S/C19H28N4O2S.HI/c1-5-16-12-22-18(26-16)13-23-19(20-6-2)21-10-9-14-11-15(24-3)7-8-17(14)25-4;/h7-8,11-12H,5-6,9-10,13H2,1-4H3,(H2,20,21,23);1H. The molecule has 6 nitrogen and oxygen atoms in total. The third-order valence-electron chi connectivity index (χ3n) is 3.84. The van der Waals surface area contributed by atoms with Crippen molar-refractivity contribution in [2.45, 2.75) is 33.2 Å². The molecule has 27 heavy (non-hydrogen) atoms. The van der Waals surface area contributed by atoms with Crippen molar-refractivity contribution >= 4 is 41.3 Å². The number of benzene rings is 1. The van der Waals surface area contributed by atoms with Gasteiger partial charge in [-0.1, -0.05) is 6.92 Å². The minimum Gasteiger partial charge on any atom is -0.497 e. The highest BCUT2D eigenvalue weighted by Gasteiger charge is 2.06. The fourth-order valence-electron chi connectivity index (χ4n) is 2.47. The van der Waals surface area contributed by atoms with Gasteiger partial charge in [0.05, 0.1) is 20.8 Å². The number of aromatic nitrogens is 1. The Labute approximate surface area is 182 Å². The van der Waals surface area contributed by atoms with Gasteiger partial charge in [-0.3, -0.25) is 0 Å². The van der Waals surface area contributed by atoms with Gasteiger partial charge in [-0.25, -0.2) is 9.98 Å². The summed E-state index contributed by atoms with van der Waals surface area (Å²) in [5.74, 6) is 2.49. The van der Waals surface area contributed by atoms with Crippen LogP contribution in [0.15, 0.2) is 29.4 Å². The molecule has 0 amide bonds. The van der Waals surface area contributed by atoms with Crippen LogP contribution in [0.1, 0.15) is 29.3 Å². The minimum atomic E-state index is 0. The van der Waals surface area contributed by atoms with Crippen LogP contribution in [0.4, 0.5) is 0 Å². The molecule has 0 aliphatic heterocycles. The third-order valence-corrected chi connectivity index (χ3v) is 4.97.